The molecule has 3 heteroatoms. The van der Waals surface area contributed by atoms with Crippen LogP contribution in [0, 0.1) is 23.6 Å². The van der Waals surface area contributed by atoms with E-state index >= 15 is 4.39 Å². The molecule has 2 nitrogen and oxygen atoms in total. The van der Waals surface area contributed by atoms with E-state index in [2.05, 4.69) is 19.1 Å². The summed E-state index contributed by atoms with van der Waals surface area (Å²) < 4.78 is 15.5. The van der Waals surface area contributed by atoms with Crippen molar-refractivity contribution < 1.29 is 9.18 Å². The van der Waals surface area contributed by atoms with Gasteiger partial charge in [-0.05, 0) is 35.1 Å². The Morgan fingerprint density at radius 2 is 1.64 bits per heavy atom. The summed E-state index contributed by atoms with van der Waals surface area (Å²) in [6.07, 6.45) is 9.10. The fourth-order valence-corrected chi connectivity index (χ4v) is 5.32. The minimum Gasteiger partial charge on any atom is -0.330 e. The zero-order valence-electron chi connectivity index (χ0n) is 18.8. The molecule has 1 fully saturated rings. The lowest BCUT2D eigenvalue weighted by atomic mass is 9.75. The Bertz CT molecular complexity index is 1180. The van der Waals surface area contributed by atoms with Crippen LogP contribution in [-0.2, 0) is 11.3 Å². The number of carbonyl (C=O) groups is 1. The molecular formula is C30H28FNO. The summed E-state index contributed by atoms with van der Waals surface area (Å²) in [4.78, 5) is 15.4. The molecule has 0 unspecified atom stereocenters. The summed E-state index contributed by atoms with van der Waals surface area (Å²) in [5, 5.41) is 0. The number of fused-ring (bicyclic) bond motifs is 1. The predicted molar refractivity (Wildman–Crippen MR) is 131 cm³/mol. The lowest BCUT2D eigenvalue weighted by molar-refractivity contribution is -0.134. The molecule has 1 heterocycles. The number of carbonyl (C=O) groups excluding carboxylic acids is 1. The van der Waals surface area contributed by atoms with Crippen LogP contribution in [0.2, 0.25) is 0 Å². The number of rotatable bonds is 5. The average molecular weight is 438 g/mol. The Balaban J connectivity index is 1.49. The first-order valence-corrected chi connectivity index (χ1v) is 11.7. The number of benzene rings is 3. The van der Waals surface area contributed by atoms with E-state index < -0.39 is 0 Å². The van der Waals surface area contributed by atoms with Gasteiger partial charge in [-0.2, -0.15) is 0 Å². The van der Waals surface area contributed by atoms with E-state index in [9.17, 15) is 4.79 Å². The number of halogens is 1. The summed E-state index contributed by atoms with van der Waals surface area (Å²) in [7, 11) is 0. The molecule has 5 rings (SSSR count). The van der Waals surface area contributed by atoms with Crippen molar-refractivity contribution in [2.24, 2.45) is 17.8 Å². The molecular weight excluding hydrogens is 409 g/mol. The largest absolute Gasteiger partial charge is 0.330 e. The number of hydrogen-bond donors (Lipinski definition) is 0. The second kappa shape index (κ2) is 9.19. The standard InChI is InChI=1S/C30H28FNO/c1-21-9-8-14-26-28(21)30(33)32(20-24-12-6-3-7-13-24)29(26)25-18-17-23(19-27(25)31)16-15-22-10-4-2-5-11-22/h2-8,10-19,21,26,28-29H,9,20H2,1H3/b16-15+/t21-,26+,28+,29-/m0/s1. The first-order chi connectivity index (χ1) is 16.1. The van der Waals surface area contributed by atoms with Gasteiger partial charge in [-0.15, -0.1) is 0 Å². The van der Waals surface area contributed by atoms with E-state index in [0.717, 1.165) is 23.1 Å². The van der Waals surface area contributed by atoms with Crippen LogP contribution in [-0.4, -0.2) is 10.8 Å². The van der Waals surface area contributed by atoms with Crippen LogP contribution in [0.4, 0.5) is 4.39 Å². The Labute approximate surface area is 195 Å². The topological polar surface area (TPSA) is 20.3 Å². The molecule has 0 N–H and O–H groups in total. The Hall–Kier alpha value is -3.46. The minimum atomic E-state index is -0.297. The SMILES string of the molecule is C[C@H]1CC=C[C@@H]2[C@@H]1C(=O)N(Cc1ccccc1)[C@H]2c1ccc(/C=C/c2ccccc2)cc1F. The van der Waals surface area contributed by atoms with E-state index in [1.165, 1.54) is 0 Å². The maximum absolute atomic E-state index is 15.5. The fraction of sp³-hybridized carbons (Fsp3) is 0.233. The highest BCUT2D eigenvalue weighted by molar-refractivity contribution is 5.83. The van der Waals surface area contributed by atoms with Crippen LogP contribution in [0.1, 0.15) is 41.6 Å². The summed E-state index contributed by atoms with van der Waals surface area (Å²) in [6, 6.07) is 25.1. The van der Waals surface area contributed by atoms with E-state index in [0.29, 0.717) is 12.1 Å². The monoisotopic (exact) mass is 437 g/mol. The van der Waals surface area contributed by atoms with Gasteiger partial charge in [0.05, 0.1) is 6.04 Å². The number of hydrogen-bond acceptors (Lipinski definition) is 1. The second-order valence-corrected chi connectivity index (χ2v) is 9.17. The van der Waals surface area contributed by atoms with Gasteiger partial charge in [0.15, 0.2) is 0 Å². The molecule has 1 amide bonds. The predicted octanol–water partition coefficient (Wildman–Crippen LogP) is 6.91. The molecule has 0 aromatic heterocycles. The smallest absolute Gasteiger partial charge is 0.227 e. The molecule has 1 aliphatic carbocycles. The van der Waals surface area contributed by atoms with Crippen molar-refractivity contribution in [1.29, 1.82) is 0 Å². The normalized spacial score (nSPS) is 24.4. The van der Waals surface area contributed by atoms with Gasteiger partial charge >= 0.3 is 0 Å². The van der Waals surface area contributed by atoms with E-state index in [-0.39, 0.29) is 35.5 Å². The Kier molecular flexibility index (Phi) is 5.95. The first-order valence-electron chi connectivity index (χ1n) is 11.7. The van der Waals surface area contributed by atoms with Gasteiger partial charge in [-0.3, -0.25) is 4.79 Å². The third-order valence-corrected chi connectivity index (χ3v) is 6.97. The van der Waals surface area contributed by atoms with Gasteiger partial charge in [-0.1, -0.05) is 104 Å². The van der Waals surface area contributed by atoms with E-state index in [1.54, 1.807) is 6.07 Å². The van der Waals surface area contributed by atoms with Crippen LogP contribution in [0.15, 0.2) is 91.0 Å². The van der Waals surface area contributed by atoms with Crippen molar-refractivity contribution in [2.75, 3.05) is 0 Å². The van der Waals surface area contributed by atoms with Crippen LogP contribution < -0.4 is 0 Å². The molecule has 0 bridgehead atoms. The van der Waals surface area contributed by atoms with Gasteiger partial charge in [0.25, 0.3) is 0 Å². The first kappa shape index (κ1) is 21.4. The lowest BCUT2D eigenvalue weighted by Crippen LogP contribution is -2.31. The molecule has 1 saturated heterocycles. The van der Waals surface area contributed by atoms with Crippen LogP contribution in [0.5, 0.6) is 0 Å². The molecule has 3 aromatic carbocycles. The third-order valence-electron chi connectivity index (χ3n) is 6.97. The molecule has 166 valence electrons. The van der Waals surface area contributed by atoms with Crippen molar-refractivity contribution in [1.82, 2.24) is 4.90 Å². The van der Waals surface area contributed by atoms with Crippen LogP contribution >= 0.6 is 0 Å². The van der Waals surface area contributed by atoms with Gasteiger partial charge in [0, 0.05) is 23.9 Å². The van der Waals surface area contributed by atoms with Gasteiger partial charge in [-0.25, -0.2) is 4.39 Å². The molecule has 2 aliphatic rings. The minimum absolute atomic E-state index is 0.00910. The lowest BCUT2D eigenvalue weighted by Gasteiger charge is -2.30. The van der Waals surface area contributed by atoms with E-state index in [4.69, 9.17) is 0 Å². The van der Waals surface area contributed by atoms with Gasteiger partial charge in [0.1, 0.15) is 5.82 Å². The number of allylic oxidation sites excluding steroid dienone is 1. The second-order valence-electron chi connectivity index (χ2n) is 9.17. The van der Waals surface area contributed by atoms with Crippen molar-refractivity contribution >= 4 is 18.1 Å². The Morgan fingerprint density at radius 1 is 0.939 bits per heavy atom. The molecule has 33 heavy (non-hydrogen) atoms. The van der Waals surface area contributed by atoms with E-state index in [1.807, 2.05) is 89.8 Å². The quantitative estimate of drug-likeness (QED) is 0.314. The molecule has 4 atom stereocenters. The maximum atomic E-state index is 15.5. The van der Waals surface area contributed by atoms with Gasteiger partial charge < -0.3 is 4.90 Å². The summed E-state index contributed by atoms with van der Waals surface area (Å²) in [5.41, 5.74) is 3.54. The molecule has 0 saturated carbocycles. The highest BCUT2D eigenvalue weighted by atomic mass is 19.1. The molecule has 0 radical (unpaired) electrons. The number of likely N-dealkylation sites (tertiary alicyclic amines) is 1. The summed E-state index contributed by atoms with van der Waals surface area (Å²) in [5.74, 6) is 0.0318. The van der Waals surface area contributed by atoms with Crippen molar-refractivity contribution in [2.45, 2.75) is 25.9 Å². The third kappa shape index (κ3) is 4.28. The Morgan fingerprint density at radius 3 is 2.36 bits per heavy atom. The number of amides is 1. The number of nitrogens with zero attached hydrogens (tertiary/aromatic N) is 1. The van der Waals surface area contributed by atoms with Crippen molar-refractivity contribution in [3.05, 3.63) is 119 Å². The summed E-state index contributed by atoms with van der Waals surface area (Å²) >= 11 is 0. The molecule has 0 spiro atoms. The zero-order chi connectivity index (χ0) is 22.8. The van der Waals surface area contributed by atoms with Crippen LogP contribution in [0.3, 0.4) is 0 Å². The van der Waals surface area contributed by atoms with Gasteiger partial charge in [0.2, 0.25) is 5.91 Å². The average Bonchev–Trinajstić information content (AvgIpc) is 3.11. The fourth-order valence-electron chi connectivity index (χ4n) is 5.32. The zero-order valence-corrected chi connectivity index (χ0v) is 18.8. The van der Waals surface area contributed by atoms with Crippen molar-refractivity contribution in [3.63, 3.8) is 0 Å². The molecule has 1 aliphatic heterocycles. The summed E-state index contributed by atoms with van der Waals surface area (Å²) in [6.45, 7) is 2.63. The highest BCUT2D eigenvalue weighted by Gasteiger charge is 2.50. The molecule has 3 aromatic rings. The highest BCUT2D eigenvalue weighted by Crippen LogP contribution is 2.49. The van der Waals surface area contributed by atoms with Crippen molar-refractivity contribution in [3.8, 4) is 0 Å². The van der Waals surface area contributed by atoms with Crippen LogP contribution in [0.25, 0.3) is 12.2 Å². The maximum Gasteiger partial charge on any atom is 0.227 e.